The van der Waals surface area contributed by atoms with Gasteiger partial charge in [-0.05, 0) is 56.1 Å². The second kappa shape index (κ2) is 9.47. The molecule has 0 radical (unpaired) electrons. The van der Waals surface area contributed by atoms with E-state index in [1.807, 2.05) is 0 Å². The van der Waals surface area contributed by atoms with Gasteiger partial charge in [-0.2, -0.15) is 0 Å². The zero-order valence-electron chi connectivity index (χ0n) is 16.7. The Labute approximate surface area is 174 Å². The molecule has 6 heteroatoms. The molecule has 3 aliphatic rings. The normalized spacial score (nSPS) is 31.7. The Morgan fingerprint density at radius 2 is 2.00 bits per heavy atom. The van der Waals surface area contributed by atoms with Gasteiger partial charge < -0.3 is 20.5 Å². The molecular formula is C22H33ClN2O3. The molecule has 28 heavy (non-hydrogen) atoms. The fourth-order valence-corrected chi connectivity index (χ4v) is 5.03. The number of carbonyl (C=O) groups is 1. The Morgan fingerprint density at radius 3 is 2.68 bits per heavy atom. The lowest BCUT2D eigenvalue weighted by atomic mass is 9.65. The summed E-state index contributed by atoms with van der Waals surface area (Å²) in [6, 6.07) is 6.49. The van der Waals surface area contributed by atoms with E-state index < -0.39 is 0 Å². The summed E-state index contributed by atoms with van der Waals surface area (Å²) in [7, 11) is 0. The second-order valence-electron chi connectivity index (χ2n) is 8.63. The molecule has 4 rings (SSSR count). The van der Waals surface area contributed by atoms with Crippen LogP contribution in [0.3, 0.4) is 0 Å². The van der Waals surface area contributed by atoms with E-state index in [-0.39, 0.29) is 30.3 Å². The maximum Gasteiger partial charge on any atom is 0.223 e. The molecular weight excluding hydrogens is 376 g/mol. The van der Waals surface area contributed by atoms with Crippen molar-refractivity contribution in [2.75, 3.05) is 13.2 Å². The Morgan fingerprint density at radius 1 is 1.25 bits per heavy atom. The highest BCUT2D eigenvalue weighted by Gasteiger charge is 2.40. The number of rotatable bonds is 5. The molecule has 1 saturated heterocycles. The predicted octanol–water partition coefficient (Wildman–Crippen LogP) is 3.35. The lowest BCUT2D eigenvalue weighted by Gasteiger charge is -2.43. The lowest BCUT2D eigenvalue weighted by Crippen LogP contribution is -2.49. The number of carbonyl (C=O) groups excluding carboxylic acids is 1. The number of aryl methyl sites for hydroxylation is 1. The number of ether oxygens (including phenoxy) is 2. The van der Waals surface area contributed by atoms with Crippen LogP contribution in [0.25, 0.3) is 0 Å². The Balaban J connectivity index is 0.00000225. The molecule has 3 fully saturated rings. The number of benzene rings is 1. The SMILES string of the molecule is Cc1ccc(CNC(=O)C2CC3CCCC(C2)C3N)c(OC2CCOC2)c1.Cl. The van der Waals surface area contributed by atoms with Gasteiger partial charge in [0, 0.05) is 30.5 Å². The average Bonchev–Trinajstić information content (AvgIpc) is 3.13. The molecule has 2 saturated carbocycles. The van der Waals surface area contributed by atoms with Gasteiger partial charge in [0.1, 0.15) is 11.9 Å². The maximum atomic E-state index is 12.8. The minimum absolute atomic E-state index is 0. The quantitative estimate of drug-likeness (QED) is 0.783. The van der Waals surface area contributed by atoms with Crippen molar-refractivity contribution < 1.29 is 14.3 Å². The van der Waals surface area contributed by atoms with E-state index in [2.05, 4.69) is 30.4 Å². The van der Waals surface area contributed by atoms with Crippen LogP contribution in [0, 0.1) is 24.7 Å². The Kier molecular flexibility index (Phi) is 7.24. The van der Waals surface area contributed by atoms with E-state index in [4.69, 9.17) is 15.2 Å². The van der Waals surface area contributed by atoms with Gasteiger partial charge in [0.25, 0.3) is 0 Å². The highest BCUT2D eigenvalue weighted by molar-refractivity contribution is 5.85. The number of fused-ring (bicyclic) bond motifs is 2. The fourth-order valence-electron chi connectivity index (χ4n) is 5.03. The molecule has 0 aromatic heterocycles. The van der Waals surface area contributed by atoms with Crippen molar-refractivity contribution in [2.45, 2.75) is 64.1 Å². The van der Waals surface area contributed by atoms with Crippen LogP contribution in [0.2, 0.25) is 0 Å². The number of halogens is 1. The van der Waals surface area contributed by atoms with Crippen LogP contribution < -0.4 is 15.8 Å². The van der Waals surface area contributed by atoms with Crippen LogP contribution in [0.4, 0.5) is 0 Å². The third kappa shape index (κ3) is 4.81. The first kappa shape index (κ1) is 21.4. The van der Waals surface area contributed by atoms with Crippen LogP contribution in [0.1, 0.15) is 49.7 Å². The molecule has 1 aliphatic heterocycles. The molecule has 3 atom stereocenters. The van der Waals surface area contributed by atoms with Gasteiger partial charge in [-0.3, -0.25) is 4.79 Å². The van der Waals surface area contributed by atoms with E-state index >= 15 is 0 Å². The average molecular weight is 409 g/mol. The standard InChI is InChI=1S/C22H32N2O3.ClH/c1-14-5-6-17(20(9-14)27-19-7-8-26-13-19)12-24-22(25)18-10-15-3-2-4-16(11-18)21(15)23;/h5-6,9,15-16,18-19,21H,2-4,7-8,10-13,23H2,1H3,(H,24,25);1H. The molecule has 1 aromatic carbocycles. The van der Waals surface area contributed by atoms with Crippen molar-refractivity contribution in [1.82, 2.24) is 5.32 Å². The van der Waals surface area contributed by atoms with Gasteiger partial charge in [0.05, 0.1) is 13.2 Å². The fraction of sp³-hybridized carbons (Fsp3) is 0.682. The topological polar surface area (TPSA) is 73.6 Å². The molecule has 0 spiro atoms. The minimum atomic E-state index is 0. The van der Waals surface area contributed by atoms with Gasteiger partial charge in [-0.15, -0.1) is 12.4 Å². The number of hydrogen-bond acceptors (Lipinski definition) is 4. The molecule has 1 aromatic rings. The van der Waals surface area contributed by atoms with Gasteiger partial charge in [-0.25, -0.2) is 0 Å². The van der Waals surface area contributed by atoms with Crippen LogP contribution >= 0.6 is 12.4 Å². The maximum absolute atomic E-state index is 12.8. The van der Waals surface area contributed by atoms with E-state index in [1.165, 1.54) is 19.3 Å². The first-order valence-corrected chi connectivity index (χ1v) is 10.5. The molecule has 5 nitrogen and oxygen atoms in total. The highest BCUT2D eigenvalue weighted by atomic mass is 35.5. The van der Waals surface area contributed by atoms with Crippen LogP contribution in [-0.4, -0.2) is 31.3 Å². The van der Waals surface area contributed by atoms with E-state index in [0.717, 1.165) is 42.7 Å². The van der Waals surface area contributed by atoms with Crippen LogP contribution in [0.5, 0.6) is 5.75 Å². The minimum Gasteiger partial charge on any atom is -0.488 e. The van der Waals surface area contributed by atoms with E-state index in [0.29, 0.717) is 31.0 Å². The predicted molar refractivity (Wildman–Crippen MR) is 112 cm³/mol. The van der Waals surface area contributed by atoms with Crippen molar-refractivity contribution in [3.05, 3.63) is 29.3 Å². The van der Waals surface area contributed by atoms with Gasteiger partial charge >= 0.3 is 0 Å². The molecule has 1 heterocycles. The smallest absolute Gasteiger partial charge is 0.223 e. The molecule has 2 bridgehead atoms. The van der Waals surface area contributed by atoms with Crippen molar-refractivity contribution in [3.8, 4) is 5.75 Å². The van der Waals surface area contributed by atoms with Gasteiger partial charge in [0.2, 0.25) is 5.91 Å². The van der Waals surface area contributed by atoms with Crippen molar-refractivity contribution in [1.29, 1.82) is 0 Å². The summed E-state index contributed by atoms with van der Waals surface area (Å²) in [5.41, 5.74) is 8.56. The van der Waals surface area contributed by atoms with Gasteiger partial charge in [-0.1, -0.05) is 18.6 Å². The van der Waals surface area contributed by atoms with Gasteiger partial charge in [0.15, 0.2) is 0 Å². The summed E-state index contributed by atoms with van der Waals surface area (Å²) < 4.78 is 11.6. The third-order valence-electron chi connectivity index (χ3n) is 6.64. The highest BCUT2D eigenvalue weighted by Crippen LogP contribution is 2.42. The molecule has 2 aliphatic carbocycles. The summed E-state index contributed by atoms with van der Waals surface area (Å²) >= 11 is 0. The third-order valence-corrected chi connectivity index (χ3v) is 6.64. The summed E-state index contributed by atoms with van der Waals surface area (Å²) in [5.74, 6) is 2.20. The summed E-state index contributed by atoms with van der Waals surface area (Å²) in [5, 5.41) is 3.17. The molecule has 1 amide bonds. The number of hydrogen-bond donors (Lipinski definition) is 2. The van der Waals surface area contributed by atoms with E-state index in [1.54, 1.807) is 0 Å². The lowest BCUT2D eigenvalue weighted by molar-refractivity contribution is -0.128. The zero-order chi connectivity index (χ0) is 18.8. The van der Waals surface area contributed by atoms with Crippen molar-refractivity contribution >= 4 is 18.3 Å². The van der Waals surface area contributed by atoms with E-state index in [9.17, 15) is 4.79 Å². The number of nitrogens with two attached hydrogens (primary N) is 1. The largest absolute Gasteiger partial charge is 0.488 e. The summed E-state index contributed by atoms with van der Waals surface area (Å²) in [6.07, 6.45) is 6.56. The van der Waals surface area contributed by atoms with Crippen molar-refractivity contribution in [3.63, 3.8) is 0 Å². The monoisotopic (exact) mass is 408 g/mol. The summed E-state index contributed by atoms with van der Waals surface area (Å²) in [6.45, 7) is 3.98. The number of amides is 1. The first-order valence-electron chi connectivity index (χ1n) is 10.5. The summed E-state index contributed by atoms with van der Waals surface area (Å²) in [4.78, 5) is 12.8. The Hall–Kier alpha value is -1.30. The zero-order valence-corrected chi connectivity index (χ0v) is 17.5. The first-order chi connectivity index (χ1) is 13.1. The Bertz CT molecular complexity index is 664. The van der Waals surface area contributed by atoms with Crippen LogP contribution in [0.15, 0.2) is 18.2 Å². The molecule has 156 valence electrons. The van der Waals surface area contributed by atoms with Crippen LogP contribution in [-0.2, 0) is 16.1 Å². The molecule has 3 unspecified atom stereocenters. The van der Waals surface area contributed by atoms with Crippen molar-refractivity contribution in [2.24, 2.45) is 23.5 Å². The number of nitrogens with one attached hydrogen (secondary N) is 1. The molecule has 3 N–H and O–H groups in total. The second-order valence-corrected chi connectivity index (χ2v) is 8.63.